The molecule has 0 saturated heterocycles. The van der Waals surface area contributed by atoms with Crippen LogP contribution in [0.1, 0.15) is 14.9 Å². The Labute approximate surface area is 200 Å². The van der Waals surface area contributed by atoms with Crippen molar-refractivity contribution >= 4 is 44.1 Å². The second-order valence-electron chi connectivity index (χ2n) is 8.61. The smallest absolute Gasteiger partial charge is 0.411 e. The molecule has 2 rings (SSSR count). The number of hydrogen-bond acceptors (Lipinski definition) is 4. The minimum atomic E-state index is -3.22. The molecule has 0 aromatic heterocycles. The Morgan fingerprint density at radius 1 is 0.594 bits per heavy atom. The molecule has 178 valence electrons. The van der Waals surface area contributed by atoms with E-state index in [1.54, 1.807) is 0 Å². The van der Waals surface area contributed by atoms with Crippen LogP contribution in [0, 0.1) is 0 Å². The molecular formula is C24H42O4Si4. The van der Waals surface area contributed by atoms with Crippen LogP contribution in [-0.2, 0) is 17.4 Å². The van der Waals surface area contributed by atoms with Crippen molar-refractivity contribution in [3.8, 4) is 0 Å². The molecule has 1 unspecified atom stereocenters. The maximum atomic E-state index is 6.96. The van der Waals surface area contributed by atoms with Gasteiger partial charge in [0.25, 0.3) is 8.32 Å². The summed E-state index contributed by atoms with van der Waals surface area (Å²) in [5.74, 6) is 0. The molecule has 0 aliphatic heterocycles. The summed E-state index contributed by atoms with van der Waals surface area (Å²) < 4.78 is 25.5. The summed E-state index contributed by atoms with van der Waals surface area (Å²) in [4.78, 5) is 0. The first-order valence-corrected chi connectivity index (χ1v) is 20.7. The fraction of sp³-hybridized carbons (Fsp3) is 0.333. The van der Waals surface area contributed by atoms with Crippen LogP contribution in [0.5, 0.6) is 0 Å². The van der Waals surface area contributed by atoms with Gasteiger partial charge in [-0.2, -0.15) is 0 Å². The molecule has 8 heteroatoms. The van der Waals surface area contributed by atoms with Crippen LogP contribution in [0.3, 0.4) is 0 Å². The Balaban J connectivity index is 0.00000480. The highest BCUT2D eigenvalue weighted by Gasteiger charge is 2.50. The van der Waals surface area contributed by atoms with Crippen molar-refractivity contribution in [2.24, 2.45) is 0 Å². The van der Waals surface area contributed by atoms with Gasteiger partial charge in [-0.3, -0.25) is 4.58 Å². The zero-order chi connectivity index (χ0) is 22.5. The zero-order valence-electron chi connectivity index (χ0n) is 19.0. The lowest BCUT2D eigenvalue weighted by molar-refractivity contribution is -0.154. The monoisotopic (exact) mass is 506 g/mol. The molecule has 2 aromatic rings. The second kappa shape index (κ2) is 12.2. The minimum Gasteiger partial charge on any atom is -0.411 e. The highest BCUT2D eigenvalue weighted by molar-refractivity contribution is 7.01. The normalized spacial score (nSPS) is 13.8. The largest absolute Gasteiger partial charge is 0.505 e. The van der Waals surface area contributed by atoms with E-state index in [-0.39, 0.29) is 14.9 Å². The molecule has 0 bridgehead atoms. The highest BCUT2D eigenvalue weighted by atomic mass is 28.5. The Morgan fingerprint density at radius 3 is 1.38 bits per heavy atom. The van der Waals surface area contributed by atoms with E-state index >= 15 is 0 Å². The molecule has 0 heterocycles. The molecule has 0 amide bonds. The molecule has 32 heavy (non-hydrogen) atoms. The first kappa shape index (κ1) is 30.6. The van der Waals surface area contributed by atoms with Crippen LogP contribution in [0.4, 0.5) is 0 Å². The van der Waals surface area contributed by atoms with Gasteiger partial charge in [0.2, 0.25) is 16.6 Å². The van der Waals surface area contributed by atoms with Crippen LogP contribution >= 0.6 is 0 Å². The van der Waals surface area contributed by atoms with Crippen molar-refractivity contribution < 1.29 is 17.4 Å². The summed E-state index contributed by atoms with van der Waals surface area (Å²) in [6.07, 6.45) is 0. The molecule has 0 saturated carbocycles. The van der Waals surface area contributed by atoms with E-state index < -0.39 is 33.8 Å². The van der Waals surface area contributed by atoms with Crippen LogP contribution in [0.25, 0.3) is 0 Å². The third-order valence-corrected chi connectivity index (χ3v) is 17.5. The Hall–Kier alpha value is -1.37. The van der Waals surface area contributed by atoms with Crippen molar-refractivity contribution in [2.75, 3.05) is 0 Å². The number of hydrogen-bond donors (Lipinski definition) is 0. The van der Waals surface area contributed by atoms with Crippen molar-refractivity contribution in [1.29, 1.82) is 0 Å². The molecule has 0 radical (unpaired) electrons. The van der Waals surface area contributed by atoms with E-state index in [0.29, 0.717) is 0 Å². The minimum absolute atomic E-state index is 0. The van der Waals surface area contributed by atoms with Crippen LogP contribution < -0.4 is 10.4 Å². The standard InChI is InChI=1S/C22H34O4Si4.2CH4/c1-9-27(3,4)23-24-30(8,25-28(5,6)10-2)26-29(7,21-17-13-11-14-18-21)22-19-15-12-16-20-22;;/h9-20H,1-2H2,3-8H3;2*1H4. The first-order valence-electron chi connectivity index (χ1n) is 10.1. The van der Waals surface area contributed by atoms with Crippen LogP contribution in [0.15, 0.2) is 85.2 Å². The van der Waals surface area contributed by atoms with Gasteiger partial charge < -0.3 is 8.23 Å². The third kappa shape index (κ3) is 8.20. The molecule has 0 aliphatic carbocycles. The predicted molar refractivity (Wildman–Crippen MR) is 149 cm³/mol. The molecule has 1 atom stereocenters. The van der Waals surface area contributed by atoms with E-state index in [1.807, 2.05) is 67.4 Å². The summed E-state index contributed by atoms with van der Waals surface area (Å²) in [6.45, 7) is 20.2. The van der Waals surface area contributed by atoms with Crippen LogP contribution in [-0.4, -0.2) is 33.8 Å². The average Bonchev–Trinajstić information content (AvgIpc) is 2.73. The van der Waals surface area contributed by atoms with Gasteiger partial charge in [0.1, 0.15) is 0 Å². The Morgan fingerprint density at radius 2 is 1.00 bits per heavy atom. The quantitative estimate of drug-likeness (QED) is 0.211. The van der Waals surface area contributed by atoms with Gasteiger partial charge in [0.05, 0.1) is 0 Å². The average molecular weight is 507 g/mol. The maximum Gasteiger partial charge on any atom is 0.505 e. The number of rotatable bonds is 11. The van der Waals surface area contributed by atoms with Crippen LogP contribution in [0.2, 0.25) is 39.3 Å². The van der Waals surface area contributed by atoms with Gasteiger partial charge in [-0.15, -0.1) is 13.2 Å². The Bertz CT molecular complexity index is 804. The number of benzene rings is 2. The maximum absolute atomic E-state index is 6.96. The van der Waals surface area contributed by atoms with Gasteiger partial charge in [0, 0.05) is 6.55 Å². The van der Waals surface area contributed by atoms with E-state index in [4.69, 9.17) is 17.4 Å². The lowest BCUT2D eigenvalue weighted by Crippen LogP contribution is -2.66. The third-order valence-electron chi connectivity index (χ3n) is 4.88. The summed E-state index contributed by atoms with van der Waals surface area (Å²) in [5, 5.41) is 2.31. The molecule has 4 nitrogen and oxygen atoms in total. The van der Waals surface area contributed by atoms with Crippen molar-refractivity contribution in [1.82, 2.24) is 0 Å². The van der Waals surface area contributed by atoms with Crippen molar-refractivity contribution in [3.05, 3.63) is 85.2 Å². The molecule has 0 spiro atoms. The summed E-state index contributed by atoms with van der Waals surface area (Å²) in [5.41, 5.74) is 3.73. The molecule has 2 aromatic carbocycles. The fourth-order valence-corrected chi connectivity index (χ4v) is 15.4. The Kier molecular flexibility index (Phi) is 11.7. The topological polar surface area (TPSA) is 36.9 Å². The van der Waals surface area contributed by atoms with E-state index in [1.165, 1.54) is 0 Å². The molecule has 0 fully saturated rings. The van der Waals surface area contributed by atoms with E-state index in [9.17, 15) is 0 Å². The van der Waals surface area contributed by atoms with Gasteiger partial charge >= 0.3 is 8.80 Å². The van der Waals surface area contributed by atoms with Gasteiger partial charge in [-0.25, -0.2) is 4.58 Å². The lowest BCUT2D eigenvalue weighted by atomic mass is 10.4. The molecule has 0 aliphatic rings. The second-order valence-corrected chi connectivity index (χ2v) is 22.8. The fourth-order valence-electron chi connectivity index (χ4n) is 2.96. The highest BCUT2D eigenvalue weighted by Crippen LogP contribution is 2.24. The van der Waals surface area contributed by atoms with Gasteiger partial charge in [-0.1, -0.05) is 86.9 Å². The summed E-state index contributed by atoms with van der Waals surface area (Å²) in [7, 11) is -10.3. The first-order chi connectivity index (χ1) is 14.0. The molecular weight excluding hydrogens is 465 g/mol. The zero-order valence-corrected chi connectivity index (χ0v) is 23.0. The lowest BCUT2D eigenvalue weighted by Gasteiger charge is -2.40. The van der Waals surface area contributed by atoms with Crippen molar-refractivity contribution in [2.45, 2.75) is 54.1 Å². The van der Waals surface area contributed by atoms with Gasteiger partial charge in [-0.05, 0) is 43.1 Å². The summed E-state index contributed by atoms with van der Waals surface area (Å²) >= 11 is 0. The van der Waals surface area contributed by atoms with Crippen molar-refractivity contribution in [3.63, 3.8) is 0 Å². The predicted octanol–water partition coefficient (Wildman–Crippen LogP) is 6.06. The van der Waals surface area contributed by atoms with Gasteiger partial charge in [0.15, 0.2) is 0 Å². The summed E-state index contributed by atoms with van der Waals surface area (Å²) in [6, 6.07) is 20.7. The van der Waals surface area contributed by atoms with E-state index in [2.05, 4.69) is 57.1 Å². The SMILES string of the molecule is C.C.C=C[Si](C)(C)OO[Si](C)(O[Si](C)(C)C=C)O[Si](C)(c1ccccc1)c1ccccc1. The van der Waals surface area contributed by atoms with E-state index in [0.717, 1.165) is 10.4 Å². The molecule has 0 N–H and O–H groups in total.